The quantitative estimate of drug-likeness (QED) is 0.561. The van der Waals surface area contributed by atoms with Gasteiger partial charge in [0.2, 0.25) is 5.91 Å². The number of hydrogen-bond acceptors (Lipinski definition) is 2. The van der Waals surface area contributed by atoms with E-state index in [9.17, 15) is 4.79 Å². The van der Waals surface area contributed by atoms with Gasteiger partial charge in [-0.2, -0.15) is 0 Å². The highest BCUT2D eigenvalue weighted by Crippen LogP contribution is 2.13. The van der Waals surface area contributed by atoms with Crippen LogP contribution < -0.4 is 5.32 Å². The second-order valence-corrected chi connectivity index (χ2v) is 5.81. The van der Waals surface area contributed by atoms with Gasteiger partial charge >= 0.3 is 0 Å². The molecule has 0 aromatic rings. The van der Waals surface area contributed by atoms with Crippen molar-refractivity contribution in [1.82, 2.24) is 5.32 Å². The maximum atomic E-state index is 11.4. The summed E-state index contributed by atoms with van der Waals surface area (Å²) in [5.74, 6) is 0.0198. The molecule has 0 spiro atoms. The van der Waals surface area contributed by atoms with Crippen LogP contribution in [0.3, 0.4) is 0 Å². The van der Waals surface area contributed by atoms with Crippen molar-refractivity contribution in [3.05, 3.63) is 0 Å². The Morgan fingerprint density at radius 3 is 2.00 bits per heavy atom. The number of nitrogens with one attached hydrogen (secondary N) is 1. The van der Waals surface area contributed by atoms with Crippen molar-refractivity contribution in [2.75, 3.05) is 13.3 Å². The van der Waals surface area contributed by atoms with E-state index in [2.05, 4.69) is 26.1 Å². The first kappa shape index (κ1) is 13.4. The number of amides is 1. The van der Waals surface area contributed by atoms with Crippen LogP contribution in [0, 0.1) is 10.8 Å². The minimum Gasteiger partial charge on any atom is -0.361 e. The van der Waals surface area contributed by atoms with Crippen LogP contribution in [0.15, 0.2) is 0 Å². The molecule has 0 aliphatic heterocycles. The van der Waals surface area contributed by atoms with Crippen molar-refractivity contribution in [2.45, 2.75) is 41.5 Å². The molecule has 0 aliphatic rings. The Hall–Kier alpha value is -0.570. The highest BCUT2D eigenvalue weighted by atomic mass is 16.5. The van der Waals surface area contributed by atoms with Gasteiger partial charge < -0.3 is 10.1 Å². The summed E-state index contributed by atoms with van der Waals surface area (Å²) in [6.07, 6.45) is 0. The van der Waals surface area contributed by atoms with Crippen LogP contribution in [0.5, 0.6) is 0 Å². The van der Waals surface area contributed by atoms with Gasteiger partial charge in [-0.1, -0.05) is 41.5 Å². The maximum Gasteiger partial charge on any atom is 0.227 e. The molecule has 3 heteroatoms. The van der Waals surface area contributed by atoms with Gasteiger partial charge in [-0.3, -0.25) is 4.79 Å². The van der Waals surface area contributed by atoms with Gasteiger partial charge in [0.25, 0.3) is 0 Å². The first-order chi connectivity index (χ1) is 6.13. The Bertz CT molecular complexity index is 186. The predicted molar refractivity (Wildman–Crippen MR) is 57.9 cm³/mol. The molecule has 0 bridgehead atoms. The molecule has 0 saturated heterocycles. The minimum absolute atomic E-state index is 0.0198. The normalized spacial score (nSPS) is 12.7. The lowest BCUT2D eigenvalue weighted by atomic mass is 9.96. The summed E-state index contributed by atoms with van der Waals surface area (Å²) < 4.78 is 5.33. The van der Waals surface area contributed by atoms with Crippen molar-refractivity contribution in [3.8, 4) is 0 Å². The molecule has 84 valence electrons. The number of carbonyl (C=O) groups is 1. The van der Waals surface area contributed by atoms with Crippen LogP contribution in [0.25, 0.3) is 0 Å². The molecule has 0 fully saturated rings. The molecule has 0 unspecified atom stereocenters. The summed E-state index contributed by atoms with van der Waals surface area (Å²) in [6, 6.07) is 0. The zero-order valence-electron chi connectivity index (χ0n) is 10.2. The van der Waals surface area contributed by atoms with E-state index in [4.69, 9.17) is 4.74 Å². The third-order valence-corrected chi connectivity index (χ3v) is 1.55. The van der Waals surface area contributed by atoms with E-state index in [-0.39, 0.29) is 16.7 Å². The molecule has 0 aromatic heterocycles. The molecule has 3 nitrogen and oxygen atoms in total. The van der Waals surface area contributed by atoms with Crippen molar-refractivity contribution in [3.63, 3.8) is 0 Å². The zero-order chi connectivity index (χ0) is 11.4. The van der Waals surface area contributed by atoms with Crippen LogP contribution in [0.2, 0.25) is 0 Å². The Morgan fingerprint density at radius 2 is 1.64 bits per heavy atom. The molecule has 0 aromatic carbocycles. The number of hydrogen-bond donors (Lipinski definition) is 1. The Morgan fingerprint density at radius 1 is 1.14 bits per heavy atom. The first-order valence-corrected chi connectivity index (χ1v) is 4.99. The Balaban J connectivity index is 3.62. The molecule has 14 heavy (non-hydrogen) atoms. The van der Waals surface area contributed by atoms with E-state index in [1.54, 1.807) is 0 Å². The predicted octanol–water partition coefficient (Wildman–Crippen LogP) is 2.17. The molecule has 0 aliphatic carbocycles. The molecule has 0 saturated carbocycles. The van der Waals surface area contributed by atoms with E-state index in [1.165, 1.54) is 0 Å². The van der Waals surface area contributed by atoms with Crippen LogP contribution >= 0.6 is 0 Å². The molecule has 1 N–H and O–H groups in total. The molecule has 0 heterocycles. The van der Waals surface area contributed by atoms with Gasteiger partial charge in [0.1, 0.15) is 6.73 Å². The summed E-state index contributed by atoms with van der Waals surface area (Å²) in [7, 11) is 0. The van der Waals surface area contributed by atoms with E-state index in [0.29, 0.717) is 13.3 Å². The number of carbonyl (C=O) groups excluding carboxylic acids is 1. The Labute approximate surface area is 87.2 Å². The lowest BCUT2D eigenvalue weighted by Crippen LogP contribution is -2.36. The Kier molecular flexibility index (Phi) is 4.59. The minimum atomic E-state index is -0.342. The largest absolute Gasteiger partial charge is 0.361 e. The number of ether oxygens (including phenoxy) is 1. The van der Waals surface area contributed by atoms with Crippen molar-refractivity contribution in [1.29, 1.82) is 0 Å². The van der Waals surface area contributed by atoms with Gasteiger partial charge in [0.05, 0.1) is 6.61 Å². The summed E-state index contributed by atoms with van der Waals surface area (Å²) >= 11 is 0. The highest BCUT2D eigenvalue weighted by molar-refractivity contribution is 5.81. The van der Waals surface area contributed by atoms with Gasteiger partial charge in [0, 0.05) is 5.41 Å². The second-order valence-electron chi connectivity index (χ2n) is 5.81. The SMILES string of the molecule is CC(C)(C)COCNC(=O)C(C)(C)C. The average Bonchev–Trinajstić information content (AvgIpc) is 1.93. The van der Waals surface area contributed by atoms with Gasteiger partial charge in [-0.05, 0) is 5.41 Å². The highest BCUT2D eigenvalue weighted by Gasteiger charge is 2.20. The molecular formula is C11H23NO2. The molecule has 1 amide bonds. The lowest BCUT2D eigenvalue weighted by molar-refractivity contribution is -0.130. The topological polar surface area (TPSA) is 38.3 Å². The van der Waals surface area contributed by atoms with Gasteiger partial charge in [0.15, 0.2) is 0 Å². The van der Waals surface area contributed by atoms with Crippen molar-refractivity contribution in [2.24, 2.45) is 10.8 Å². The number of rotatable bonds is 3. The van der Waals surface area contributed by atoms with Gasteiger partial charge in [-0.25, -0.2) is 0 Å². The van der Waals surface area contributed by atoms with E-state index >= 15 is 0 Å². The molecule has 0 atom stereocenters. The van der Waals surface area contributed by atoms with Crippen LogP contribution in [-0.2, 0) is 9.53 Å². The van der Waals surface area contributed by atoms with Crippen LogP contribution in [-0.4, -0.2) is 19.2 Å². The fourth-order valence-corrected chi connectivity index (χ4v) is 0.739. The van der Waals surface area contributed by atoms with Crippen molar-refractivity contribution >= 4 is 5.91 Å². The van der Waals surface area contributed by atoms with Crippen LogP contribution in [0.1, 0.15) is 41.5 Å². The molecular weight excluding hydrogens is 178 g/mol. The summed E-state index contributed by atoms with van der Waals surface area (Å²) in [6.45, 7) is 12.9. The molecule has 0 radical (unpaired) electrons. The first-order valence-electron chi connectivity index (χ1n) is 4.99. The summed E-state index contributed by atoms with van der Waals surface area (Å²) in [4.78, 5) is 11.4. The summed E-state index contributed by atoms with van der Waals surface area (Å²) in [5, 5.41) is 2.73. The smallest absolute Gasteiger partial charge is 0.227 e. The lowest BCUT2D eigenvalue weighted by Gasteiger charge is -2.20. The summed E-state index contributed by atoms with van der Waals surface area (Å²) in [5.41, 5.74) is -0.197. The van der Waals surface area contributed by atoms with E-state index < -0.39 is 0 Å². The van der Waals surface area contributed by atoms with E-state index in [0.717, 1.165) is 0 Å². The fraction of sp³-hybridized carbons (Fsp3) is 0.909. The third kappa shape index (κ3) is 6.89. The van der Waals surface area contributed by atoms with E-state index in [1.807, 2.05) is 20.8 Å². The average molecular weight is 201 g/mol. The van der Waals surface area contributed by atoms with Crippen molar-refractivity contribution < 1.29 is 9.53 Å². The second kappa shape index (κ2) is 4.78. The van der Waals surface area contributed by atoms with Crippen LogP contribution in [0.4, 0.5) is 0 Å². The van der Waals surface area contributed by atoms with Gasteiger partial charge in [-0.15, -0.1) is 0 Å². The zero-order valence-corrected chi connectivity index (χ0v) is 10.2. The fourth-order valence-electron chi connectivity index (χ4n) is 0.739. The maximum absolute atomic E-state index is 11.4. The monoisotopic (exact) mass is 201 g/mol. The third-order valence-electron chi connectivity index (χ3n) is 1.55. The standard InChI is InChI=1S/C11H23NO2/c1-10(2,3)7-14-8-12-9(13)11(4,5)6/h7-8H2,1-6H3,(H,12,13). The molecule has 0 rings (SSSR count).